The number of aromatic hydroxyl groups is 2. The molecule has 0 aromatic heterocycles. The van der Waals surface area contributed by atoms with Crippen LogP contribution in [0.4, 0.5) is 0 Å². The zero-order valence-corrected chi connectivity index (χ0v) is 10.1. The molecule has 5 heteroatoms. The molecule has 0 unspecified atom stereocenters. The Morgan fingerprint density at radius 2 is 1.79 bits per heavy atom. The average molecular weight is 256 g/mol. The minimum atomic E-state index is 0.0155. The molecule has 96 valence electrons. The van der Waals surface area contributed by atoms with Crippen LogP contribution < -0.4 is 0 Å². The van der Waals surface area contributed by atoms with Crippen molar-refractivity contribution in [1.82, 2.24) is 0 Å². The van der Waals surface area contributed by atoms with Gasteiger partial charge in [-0.3, -0.25) is 0 Å². The van der Waals surface area contributed by atoms with Crippen LogP contribution in [-0.2, 0) is 11.2 Å². The van der Waals surface area contributed by atoms with Crippen LogP contribution in [0.3, 0.4) is 0 Å². The monoisotopic (exact) mass is 256 g/mol. The fraction of sp³-hybridized carbons (Fsp3) is 0.214. The van der Waals surface area contributed by atoms with E-state index in [1.54, 1.807) is 24.3 Å². The van der Waals surface area contributed by atoms with E-state index in [1.165, 1.54) is 0 Å². The molecule has 19 heavy (non-hydrogen) atoms. The van der Waals surface area contributed by atoms with Crippen LogP contribution in [0.2, 0.25) is 0 Å². The molecule has 0 aliphatic carbocycles. The van der Waals surface area contributed by atoms with Gasteiger partial charge in [0.05, 0.1) is 6.61 Å². The molecule has 0 saturated heterocycles. The standard InChI is InChI=1S/C14H12N2O3/c15-16-11-7-19-6-5-10-12(11)14(18)9-4-2-1-3-8(9)13(10)17/h1-4,17-18H,5-7H2. The van der Waals surface area contributed by atoms with Crippen molar-refractivity contribution in [3.63, 3.8) is 0 Å². The number of hydrogen-bond acceptors (Lipinski definition) is 3. The molecule has 1 aliphatic heterocycles. The molecule has 5 nitrogen and oxygen atoms in total. The van der Waals surface area contributed by atoms with Crippen molar-refractivity contribution in [1.29, 1.82) is 0 Å². The highest BCUT2D eigenvalue weighted by atomic mass is 16.5. The summed E-state index contributed by atoms with van der Waals surface area (Å²) in [6.07, 6.45) is 0.457. The molecule has 2 N–H and O–H groups in total. The van der Waals surface area contributed by atoms with Crippen molar-refractivity contribution >= 4 is 16.5 Å². The largest absolute Gasteiger partial charge is 0.507 e. The van der Waals surface area contributed by atoms with E-state index in [0.717, 1.165) is 0 Å². The van der Waals surface area contributed by atoms with Gasteiger partial charge in [0.25, 0.3) is 0 Å². The number of hydrogen-bond donors (Lipinski definition) is 2. The highest BCUT2D eigenvalue weighted by molar-refractivity contribution is 6.09. The van der Waals surface area contributed by atoms with Crippen molar-refractivity contribution in [2.75, 3.05) is 13.2 Å². The van der Waals surface area contributed by atoms with Crippen LogP contribution in [0.25, 0.3) is 16.3 Å². The molecule has 1 heterocycles. The van der Waals surface area contributed by atoms with Crippen molar-refractivity contribution in [3.05, 3.63) is 40.9 Å². The Hall–Kier alpha value is -2.36. The van der Waals surface area contributed by atoms with Crippen LogP contribution in [0.15, 0.2) is 24.3 Å². The molecule has 0 bridgehead atoms. The number of rotatable bonds is 0. The highest BCUT2D eigenvalue weighted by Gasteiger charge is 2.29. The number of benzene rings is 2. The SMILES string of the molecule is [N-]=[N+]=C1COCCc2c1c(O)c1ccccc1c2O. The normalized spacial score (nSPS) is 14.8. The summed E-state index contributed by atoms with van der Waals surface area (Å²) in [7, 11) is 0. The number of nitrogens with zero attached hydrogens (tertiary/aromatic N) is 2. The fourth-order valence-corrected chi connectivity index (χ4v) is 2.50. The molecule has 0 spiro atoms. The van der Waals surface area contributed by atoms with Gasteiger partial charge in [-0.15, -0.1) is 0 Å². The van der Waals surface area contributed by atoms with E-state index in [9.17, 15) is 10.2 Å². The summed E-state index contributed by atoms with van der Waals surface area (Å²) < 4.78 is 5.30. The third-order valence-electron chi connectivity index (χ3n) is 3.41. The predicted octanol–water partition coefficient (Wildman–Crippen LogP) is 1.84. The predicted molar refractivity (Wildman–Crippen MR) is 69.5 cm³/mol. The van der Waals surface area contributed by atoms with Crippen molar-refractivity contribution in [2.24, 2.45) is 0 Å². The third kappa shape index (κ3) is 1.68. The van der Waals surface area contributed by atoms with E-state index < -0.39 is 0 Å². The molecule has 2 aromatic carbocycles. The zero-order valence-electron chi connectivity index (χ0n) is 10.1. The van der Waals surface area contributed by atoms with Crippen LogP contribution in [-0.4, -0.2) is 33.9 Å². The van der Waals surface area contributed by atoms with Crippen LogP contribution in [0.5, 0.6) is 11.5 Å². The Bertz CT molecular complexity index is 718. The minimum Gasteiger partial charge on any atom is -0.507 e. The molecule has 0 atom stereocenters. The first-order valence-electron chi connectivity index (χ1n) is 5.98. The Kier molecular flexibility index (Phi) is 2.71. The summed E-state index contributed by atoms with van der Waals surface area (Å²) in [4.78, 5) is 3.18. The van der Waals surface area contributed by atoms with Crippen LogP contribution >= 0.6 is 0 Å². The molecule has 0 fully saturated rings. The molecular weight excluding hydrogens is 244 g/mol. The lowest BCUT2D eigenvalue weighted by molar-refractivity contribution is -0.0145. The Balaban J connectivity index is 2.47. The van der Waals surface area contributed by atoms with E-state index in [2.05, 4.69) is 4.79 Å². The topological polar surface area (TPSA) is 86.1 Å². The number of fused-ring (bicyclic) bond motifs is 2. The van der Waals surface area contributed by atoms with Gasteiger partial charge in [0.2, 0.25) is 0 Å². The molecular formula is C14H12N2O3. The minimum absolute atomic E-state index is 0.0155. The smallest absolute Gasteiger partial charge is 0.328 e. The second-order valence-electron chi connectivity index (χ2n) is 4.45. The van der Waals surface area contributed by atoms with E-state index in [-0.39, 0.29) is 23.8 Å². The Labute approximate surface area is 109 Å². The number of phenols is 2. The number of ether oxygens (including phenoxy) is 1. The van der Waals surface area contributed by atoms with Gasteiger partial charge in [-0.25, -0.2) is 0 Å². The summed E-state index contributed by atoms with van der Waals surface area (Å²) in [6.45, 7) is 0.506. The third-order valence-corrected chi connectivity index (χ3v) is 3.41. The summed E-state index contributed by atoms with van der Waals surface area (Å²) in [5.41, 5.74) is 10.2. The second kappa shape index (κ2) is 4.39. The summed E-state index contributed by atoms with van der Waals surface area (Å²) in [6, 6.07) is 7.02. The number of phenolic OH excluding ortho intramolecular Hbond substituents is 2. The summed E-state index contributed by atoms with van der Waals surface area (Å²) in [5.74, 6) is 0.122. The molecule has 0 radical (unpaired) electrons. The highest BCUT2D eigenvalue weighted by Crippen LogP contribution is 2.40. The van der Waals surface area contributed by atoms with Gasteiger partial charge in [-0.2, -0.15) is 4.79 Å². The summed E-state index contributed by atoms with van der Waals surface area (Å²) in [5, 5.41) is 21.9. The quantitative estimate of drug-likeness (QED) is 0.428. The zero-order chi connectivity index (χ0) is 13.4. The van der Waals surface area contributed by atoms with Gasteiger partial charge >= 0.3 is 5.71 Å². The van der Waals surface area contributed by atoms with E-state index >= 15 is 0 Å². The first-order valence-corrected chi connectivity index (χ1v) is 5.98. The maximum atomic E-state index is 10.4. The molecule has 0 amide bonds. The molecule has 0 saturated carbocycles. The van der Waals surface area contributed by atoms with Gasteiger partial charge in [0.1, 0.15) is 23.7 Å². The van der Waals surface area contributed by atoms with E-state index in [1.807, 2.05) is 0 Å². The molecule has 1 aliphatic rings. The van der Waals surface area contributed by atoms with Gasteiger partial charge in [-0.05, 0) is 0 Å². The van der Waals surface area contributed by atoms with Crippen LogP contribution in [0.1, 0.15) is 11.1 Å². The van der Waals surface area contributed by atoms with E-state index in [0.29, 0.717) is 34.9 Å². The van der Waals surface area contributed by atoms with Gasteiger partial charge in [0, 0.05) is 22.8 Å². The van der Waals surface area contributed by atoms with E-state index in [4.69, 9.17) is 10.3 Å². The lowest BCUT2D eigenvalue weighted by atomic mass is 9.94. The van der Waals surface area contributed by atoms with Crippen molar-refractivity contribution < 1.29 is 19.7 Å². The maximum absolute atomic E-state index is 10.4. The molecule has 2 aromatic rings. The maximum Gasteiger partial charge on any atom is 0.328 e. The van der Waals surface area contributed by atoms with Gasteiger partial charge in [-0.1, -0.05) is 24.3 Å². The summed E-state index contributed by atoms with van der Waals surface area (Å²) >= 11 is 0. The van der Waals surface area contributed by atoms with Gasteiger partial charge in [0.15, 0.2) is 0 Å². The Morgan fingerprint density at radius 3 is 2.47 bits per heavy atom. The molecule has 3 rings (SSSR count). The second-order valence-corrected chi connectivity index (χ2v) is 4.45. The average Bonchev–Trinajstić information content (AvgIpc) is 2.67. The van der Waals surface area contributed by atoms with Crippen molar-refractivity contribution in [3.8, 4) is 11.5 Å². The lowest BCUT2D eigenvalue weighted by Gasteiger charge is -2.11. The fourth-order valence-electron chi connectivity index (χ4n) is 2.50. The first-order chi connectivity index (χ1) is 9.24. The van der Waals surface area contributed by atoms with Gasteiger partial charge < -0.3 is 20.5 Å². The lowest BCUT2D eigenvalue weighted by Crippen LogP contribution is -2.10. The van der Waals surface area contributed by atoms with Crippen molar-refractivity contribution in [2.45, 2.75) is 6.42 Å². The first kappa shape index (κ1) is 11.7. The Morgan fingerprint density at radius 1 is 1.11 bits per heavy atom. The van der Waals surface area contributed by atoms with Crippen LogP contribution in [0, 0.1) is 0 Å².